The van der Waals surface area contributed by atoms with Gasteiger partial charge in [-0.05, 0) is 147 Å². The molecule has 0 aromatic heterocycles. The molecule has 0 bridgehead atoms. The summed E-state index contributed by atoms with van der Waals surface area (Å²) in [4.78, 5) is 31.8. The van der Waals surface area contributed by atoms with Gasteiger partial charge in [0.05, 0.1) is 5.69 Å². The van der Waals surface area contributed by atoms with Crippen molar-refractivity contribution in [3.05, 3.63) is 245 Å². The molecule has 2 unspecified atom stereocenters. The van der Waals surface area contributed by atoms with Crippen molar-refractivity contribution in [2.24, 2.45) is 5.92 Å². The van der Waals surface area contributed by atoms with Crippen LogP contribution in [0.1, 0.15) is 117 Å². The largest absolute Gasteiger partial charge is 0.311 e. The molecule has 0 aliphatic heterocycles. The summed E-state index contributed by atoms with van der Waals surface area (Å²) in [6.07, 6.45) is 19.4. The maximum absolute atomic E-state index is 14.9. The van der Waals surface area contributed by atoms with Crippen LogP contribution in [0.2, 0.25) is 0 Å². The summed E-state index contributed by atoms with van der Waals surface area (Å²) in [7, 11) is 0. The Bertz CT molecular complexity index is 3860. The first-order valence-corrected chi connectivity index (χ1v) is 26.4. The first-order valence-electron chi connectivity index (χ1n) is 26.4. The normalized spacial score (nSPS) is 19.1. The third-order valence-electron chi connectivity index (χ3n) is 16.7. The number of carbonyl (C=O) groups excluding carboxylic acids is 2. The number of nitrogens with zero attached hydrogens (tertiary/aromatic N) is 2. The van der Waals surface area contributed by atoms with E-state index in [1.165, 1.54) is 37.9 Å². The molecule has 0 fully saturated rings. The Labute approximate surface area is 435 Å². The van der Waals surface area contributed by atoms with Gasteiger partial charge in [-0.15, -0.1) is 0 Å². The number of hydrogen-bond acceptors (Lipinski definition) is 3. The summed E-state index contributed by atoms with van der Waals surface area (Å²) < 4.78 is 0. The Balaban J connectivity index is 0.961. The van der Waals surface area contributed by atoms with E-state index >= 15 is 0 Å². The van der Waals surface area contributed by atoms with Crippen molar-refractivity contribution in [2.45, 2.75) is 84.0 Å². The van der Waals surface area contributed by atoms with Gasteiger partial charge < -0.3 is 4.90 Å². The zero-order valence-corrected chi connectivity index (χ0v) is 43.7. The summed E-state index contributed by atoms with van der Waals surface area (Å²) >= 11 is 0. The molecule has 0 spiro atoms. The van der Waals surface area contributed by atoms with Gasteiger partial charge in [-0.2, -0.15) is 0 Å². The minimum Gasteiger partial charge on any atom is -0.311 e. The molecular formula is C70H62N2O2. The van der Waals surface area contributed by atoms with Crippen molar-refractivity contribution in [1.82, 2.24) is 0 Å². The SMILES string of the molecule is CC(C)c1cccc(C(C)C)c1N(C=O)C(=O)c1ccc2c3cccc4c(-c5ccc(N(C6=CC7C(C=C6)c6ccccc6C7(C)C)C6=C/C=C/c7ccccc7C(C)(C)\C=C\6)cc5)ccc(c5cccc1c25)c43. The van der Waals surface area contributed by atoms with Crippen LogP contribution in [0.25, 0.3) is 60.3 Å². The van der Waals surface area contributed by atoms with E-state index in [1.54, 1.807) is 0 Å². The highest BCUT2D eigenvalue weighted by atomic mass is 16.2. The molecule has 364 valence electrons. The second-order valence-corrected chi connectivity index (χ2v) is 22.4. The van der Waals surface area contributed by atoms with Crippen LogP contribution in [0.5, 0.6) is 0 Å². The van der Waals surface area contributed by atoms with Crippen molar-refractivity contribution in [3.63, 3.8) is 0 Å². The number of rotatable bonds is 9. The van der Waals surface area contributed by atoms with Crippen LogP contribution in [0.4, 0.5) is 11.4 Å². The molecule has 74 heavy (non-hydrogen) atoms. The predicted molar refractivity (Wildman–Crippen MR) is 312 cm³/mol. The zero-order chi connectivity index (χ0) is 51.2. The second-order valence-electron chi connectivity index (χ2n) is 22.4. The fourth-order valence-corrected chi connectivity index (χ4v) is 12.9. The van der Waals surface area contributed by atoms with Crippen molar-refractivity contribution in [3.8, 4) is 11.1 Å². The van der Waals surface area contributed by atoms with E-state index in [9.17, 15) is 9.59 Å². The number of fused-ring (bicyclic) bond motifs is 6. The summed E-state index contributed by atoms with van der Waals surface area (Å²) in [5, 5.41) is 8.66. The molecule has 9 aromatic carbocycles. The van der Waals surface area contributed by atoms with E-state index in [4.69, 9.17) is 0 Å². The lowest BCUT2D eigenvalue weighted by Crippen LogP contribution is -2.31. The molecular weight excluding hydrogens is 901 g/mol. The molecule has 4 nitrogen and oxygen atoms in total. The lowest BCUT2D eigenvalue weighted by molar-refractivity contribution is -0.107. The molecule has 2 amide bonds. The monoisotopic (exact) mass is 962 g/mol. The van der Waals surface area contributed by atoms with Crippen LogP contribution in [0, 0.1) is 5.92 Å². The Morgan fingerprint density at radius 2 is 1.19 bits per heavy atom. The smallest absolute Gasteiger partial charge is 0.265 e. The Morgan fingerprint density at radius 3 is 1.89 bits per heavy atom. The highest BCUT2D eigenvalue weighted by Crippen LogP contribution is 2.54. The lowest BCUT2D eigenvalue weighted by Gasteiger charge is -2.35. The molecule has 2 atom stereocenters. The zero-order valence-electron chi connectivity index (χ0n) is 43.7. The number of allylic oxidation sites excluding steroid dienone is 7. The fourth-order valence-electron chi connectivity index (χ4n) is 12.9. The minimum absolute atomic E-state index is 0.0330. The standard InChI is InChI=1S/C70H62N2O2/c1-43(2)50-21-14-22-51(44(3)4)67(50)71(42-73)68(74)61-38-37-60-56-24-15-23-55-52(35-36-59(65(55)56)57-25-16-26-58(61)66(57)60)45-29-31-48(32-30-45)72(47-19-13-18-46-17-9-11-27-62(46)69(5,6)40-39-47)49-33-34-54-53-20-10-12-28-63(53)70(7,8)64(54)41-49/h9-44,54,64H,1-8H3/b18-13+,40-39+,47-19+. The van der Waals surface area contributed by atoms with E-state index in [0.29, 0.717) is 29.5 Å². The van der Waals surface area contributed by atoms with Gasteiger partial charge in [0.15, 0.2) is 0 Å². The third kappa shape index (κ3) is 7.40. The van der Waals surface area contributed by atoms with Crippen LogP contribution in [-0.2, 0) is 15.6 Å². The molecule has 0 saturated heterocycles. The highest BCUT2D eigenvalue weighted by molar-refractivity contribution is 6.36. The van der Waals surface area contributed by atoms with Crippen LogP contribution in [0.3, 0.4) is 0 Å². The molecule has 3 aliphatic carbocycles. The number of imide groups is 1. The van der Waals surface area contributed by atoms with Crippen molar-refractivity contribution < 1.29 is 9.59 Å². The van der Waals surface area contributed by atoms with Crippen molar-refractivity contribution >= 4 is 72.9 Å². The van der Waals surface area contributed by atoms with Gasteiger partial charge in [-0.25, -0.2) is 4.90 Å². The first kappa shape index (κ1) is 47.0. The Kier molecular flexibility index (Phi) is 11.3. The van der Waals surface area contributed by atoms with Gasteiger partial charge in [-0.1, -0.05) is 219 Å². The minimum atomic E-state index is -0.323. The third-order valence-corrected chi connectivity index (χ3v) is 16.7. The van der Waals surface area contributed by atoms with E-state index in [0.717, 1.165) is 71.7 Å². The van der Waals surface area contributed by atoms with E-state index in [1.807, 2.05) is 36.4 Å². The number of benzene rings is 9. The molecule has 3 aliphatic rings. The maximum Gasteiger partial charge on any atom is 0.265 e. The van der Waals surface area contributed by atoms with Crippen LogP contribution < -0.4 is 9.80 Å². The molecule has 9 aromatic rings. The molecule has 0 radical (unpaired) electrons. The molecule has 4 heteroatoms. The topological polar surface area (TPSA) is 40.6 Å². The number of anilines is 2. The lowest BCUT2D eigenvalue weighted by atomic mass is 9.74. The van der Waals surface area contributed by atoms with Gasteiger partial charge in [0.2, 0.25) is 6.41 Å². The van der Waals surface area contributed by atoms with Crippen molar-refractivity contribution in [2.75, 3.05) is 9.80 Å². The summed E-state index contributed by atoms with van der Waals surface area (Å²) in [6, 6.07) is 54.3. The molecule has 0 heterocycles. The highest BCUT2D eigenvalue weighted by Gasteiger charge is 2.45. The van der Waals surface area contributed by atoms with E-state index in [-0.39, 0.29) is 28.6 Å². The molecule has 0 saturated carbocycles. The van der Waals surface area contributed by atoms with Crippen LogP contribution in [-0.4, -0.2) is 12.3 Å². The Morgan fingerprint density at radius 1 is 0.581 bits per heavy atom. The average molecular weight is 963 g/mol. The van der Waals surface area contributed by atoms with Crippen molar-refractivity contribution in [1.29, 1.82) is 0 Å². The first-order chi connectivity index (χ1) is 35.8. The molecule has 0 N–H and O–H groups in total. The van der Waals surface area contributed by atoms with E-state index in [2.05, 4.69) is 224 Å². The Hall–Kier alpha value is -8.08. The predicted octanol–water partition coefficient (Wildman–Crippen LogP) is 17.9. The van der Waals surface area contributed by atoms with Gasteiger partial charge in [0.1, 0.15) is 0 Å². The van der Waals surface area contributed by atoms with Gasteiger partial charge >= 0.3 is 0 Å². The fraction of sp³-hybridized carbons (Fsp3) is 0.200. The average Bonchev–Trinajstić information content (AvgIpc) is 3.71. The summed E-state index contributed by atoms with van der Waals surface area (Å²) in [6.45, 7) is 17.8. The van der Waals surface area contributed by atoms with Gasteiger partial charge in [-0.3, -0.25) is 9.59 Å². The molecule has 12 rings (SSSR count). The van der Waals surface area contributed by atoms with E-state index < -0.39 is 0 Å². The summed E-state index contributed by atoms with van der Waals surface area (Å²) in [5.41, 5.74) is 14.0. The number of para-hydroxylation sites is 1. The van der Waals surface area contributed by atoms with Gasteiger partial charge in [0.25, 0.3) is 5.91 Å². The second kappa shape index (κ2) is 17.8. The quantitative estimate of drug-likeness (QED) is 0.0822. The van der Waals surface area contributed by atoms with Crippen LogP contribution in [0.15, 0.2) is 206 Å². The number of hydrogen-bond donors (Lipinski definition) is 0. The summed E-state index contributed by atoms with van der Waals surface area (Å²) in [5.74, 6) is 0.544. The van der Waals surface area contributed by atoms with Gasteiger partial charge in [0, 0.05) is 34.0 Å². The number of amides is 2. The maximum atomic E-state index is 14.9. The number of carbonyl (C=O) groups is 2. The van der Waals surface area contributed by atoms with Crippen LogP contribution >= 0.6 is 0 Å².